The first-order valence-electron chi connectivity index (χ1n) is 7.98. The van der Waals surface area contributed by atoms with Crippen LogP contribution in [0.1, 0.15) is 11.1 Å². The molecule has 3 amide bonds. The number of carbonyl (C=O) groups is 3. The molecule has 2 N–H and O–H groups in total. The Morgan fingerprint density at radius 2 is 1.65 bits per heavy atom. The number of hydrogen-bond donors (Lipinski definition) is 2. The molecule has 1 fully saturated rings. The van der Waals surface area contributed by atoms with Gasteiger partial charge in [0.25, 0.3) is 11.8 Å². The fourth-order valence-corrected chi connectivity index (χ4v) is 2.88. The summed E-state index contributed by atoms with van der Waals surface area (Å²) >= 11 is 0. The summed E-state index contributed by atoms with van der Waals surface area (Å²) < 4.78 is 0. The molecule has 0 aliphatic carbocycles. The number of nitrogens with zero attached hydrogens (tertiary/aromatic N) is 2. The van der Waals surface area contributed by atoms with E-state index in [1.807, 2.05) is 6.07 Å². The average Bonchev–Trinajstić information content (AvgIpc) is 2.87. The monoisotopic (exact) mass is 351 g/mol. The minimum atomic E-state index is -1.51. The number of hydrogen-bond acceptors (Lipinski definition) is 5. The number of benzene rings is 2. The summed E-state index contributed by atoms with van der Waals surface area (Å²) in [4.78, 5) is 38.9. The highest BCUT2D eigenvalue weighted by molar-refractivity contribution is 6.61. The first-order valence-corrected chi connectivity index (χ1v) is 7.98. The van der Waals surface area contributed by atoms with E-state index in [4.69, 9.17) is 0 Å². The van der Waals surface area contributed by atoms with Crippen LogP contribution in [0.2, 0.25) is 0 Å². The maximum absolute atomic E-state index is 12.8. The quantitative estimate of drug-likeness (QED) is 0.383. The Kier molecular flexibility index (Phi) is 4.53. The lowest BCUT2D eigenvalue weighted by Gasteiger charge is -2.16. The van der Waals surface area contributed by atoms with Gasteiger partial charge in [0.15, 0.2) is 11.6 Å². The molecule has 1 aliphatic heterocycles. The number of carbonyl (C=O) groups excluding carboxylic acids is 3. The van der Waals surface area contributed by atoms with Gasteiger partial charge in [0, 0.05) is 5.69 Å². The van der Waals surface area contributed by atoms with Crippen molar-refractivity contribution in [3.63, 3.8) is 0 Å². The summed E-state index contributed by atoms with van der Waals surface area (Å²) in [5, 5.41) is 14.8. The van der Waals surface area contributed by atoms with Crippen LogP contribution in [0.15, 0.2) is 53.7 Å². The van der Waals surface area contributed by atoms with Gasteiger partial charge in [-0.15, -0.1) is 0 Å². The number of amides is 3. The molecule has 1 saturated heterocycles. The van der Waals surface area contributed by atoms with Crippen LogP contribution in [0.5, 0.6) is 0 Å². The number of para-hydroxylation sites is 2. The number of rotatable bonds is 3. The van der Waals surface area contributed by atoms with Gasteiger partial charge in [0.1, 0.15) is 0 Å². The molecular weight excluding hydrogens is 334 g/mol. The van der Waals surface area contributed by atoms with Gasteiger partial charge in [-0.1, -0.05) is 41.6 Å². The molecular formula is C19H17N3O4. The SMILES string of the molecule is Cc1ccccc1NC(=O)[C@H]1C(=O)N(c2ccccc2C)C(=O)/C1=N\O. The third-order valence-corrected chi connectivity index (χ3v) is 4.29. The van der Waals surface area contributed by atoms with Crippen molar-refractivity contribution in [1.29, 1.82) is 0 Å². The van der Waals surface area contributed by atoms with Gasteiger partial charge in [0.05, 0.1) is 5.69 Å². The second-order valence-electron chi connectivity index (χ2n) is 5.99. The van der Waals surface area contributed by atoms with Crippen LogP contribution < -0.4 is 10.2 Å². The van der Waals surface area contributed by atoms with Crippen LogP contribution in [0.4, 0.5) is 11.4 Å². The second-order valence-corrected chi connectivity index (χ2v) is 5.99. The fraction of sp³-hybridized carbons (Fsp3) is 0.158. The van der Waals surface area contributed by atoms with Crippen LogP contribution >= 0.6 is 0 Å². The molecule has 2 aromatic carbocycles. The Labute approximate surface area is 149 Å². The fourth-order valence-electron chi connectivity index (χ4n) is 2.88. The maximum Gasteiger partial charge on any atom is 0.284 e. The van der Waals surface area contributed by atoms with E-state index >= 15 is 0 Å². The zero-order chi connectivity index (χ0) is 18.8. The lowest BCUT2D eigenvalue weighted by Crippen LogP contribution is -2.35. The highest BCUT2D eigenvalue weighted by atomic mass is 16.4. The van der Waals surface area contributed by atoms with Gasteiger partial charge in [-0.25, -0.2) is 4.90 Å². The van der Waals surface area contributed by atoms with E-state index in [-0.39, 0.29) is 0 Å². The average molecular weight is 351 g/mol. The van der Waals surface area contributed by atoms with Gasteiger partial charge in [-0.2, -0.15) is 0 Å². The van der Waals surface area contributed by atoms with Gasteiger partial charge in [-0.05, 0) is 37.1 Å². The Balaban J connectivity index is 1.96. The van der Waals surface area contributed by atoms with E-state index in [1.165, 1.54) is 0 Å². The zero-order valence-electron chi connectivity index (χ0n) is 14.3. The summed E-state index contributed by atoms with van der Waals surface area (Å²) in [6.45, 7) is 3.55. The first kappa shape index (κ1) is 17.3. The standard InChI is InChI=1S/C19H17N3O4/c1-11-7-3-5-9-13(11)20-17(23)15-16(21-26)19(25)22(18(15)24)14-10-6-4-8-12(14)2/h3-10,15,26H,1-2H3,(H,20,23)/b21-16-/t15-/m0/s1. The van der Waals surface area contributed by atoms with Gasteiger partial charge in [0.2, 0.25) is 5.91 Å². The Hall–Kier alpha value is -3.48. The molecule has 2 aromatic rings. The zero-order valence-corrected chi connectivity index (χ0v) is 14.3. The summed E-state index contributed by atoms with van der Waals surface area (Å²) in [7, 11) is 0. The van der Waals surface area contributed by atoms with Crippen LogP contribution in [0, 0.1) is 19.8 Å². The smallest absolute Gasteiger partial charge is 0.284 e. The maximum atomic E-state index is 12.8. The Morgan fingerprint density at radius 1 is 1.04 bits per heavy atom. The number of aryl methyl sites for hydroxylation is 2. The topological polar surface area (TPSA) is 99.1 Å². The molecule has 0 spiro atoms. The molecule has 1 heterocycles. The Bertz CT molecular complexity index is 936. The predicted molar refractivity (Wildman–Crippen MR) is 96.2 cm³/mol. The molecule has 0 radical (unpaired) electrons. The largest absolute Gasteiger partial charge is 0.410 e. The summed E-state index contributed by atoms with van der Waals surface area (Å²) in [5.41, 5.74) is 1.87. The molecule has 0 saturated carbocycles. The van der Waals surface area contributed by atoms with Crippen molar-refractivity contribution in [3.8, 4) is 0 Å². The van der Waals surface area contributed by atoms with E-state index in [2.05, 4.69) is 10.5 Å². The normalized spacial score (nSPS) is 18.5. The highest BCUT2D eigenvalue weighted by Gasteiger charge is 2.50. The minimum Gasteiger partial charge on any atom is -0.410 e. The number of anilines is 2. The second kappa shape index (κ2) is 6.79. The highest BCUT2D eigenvalue weighted by Crippen LogP contribution is 2.28. The van der Waals surface area contributed by atoms with Gasteiger partial charge >= 0.3 is 0 Å². The van der Waals surface area contributed by atoms with Crippen LogP contribution in [0.3, 0.4) is 0 Å². The molecule has 1 atom stereocenters. The van der Waals surface area contributed by atoms with Crippen molar-refractivity contribution in [2.75, 3.05) is 10.2 Å². The third kappa shape index (κ3) is 2.83. The van der Waals surface area contributed by atoms with Crippen molar-refractivity contribution >= 4 is 34.8 Å². The van der Waals surface area contributed by atoms with Crippen LogP contribution in [0.25, 0.3) is 0 Å². The Morgan fingerprint density at radius 3 is 2.27 bits per heavy atom. The summed E-state index contributed by atoms with van der Waals surface area (Å²) in [6, 6.07) is 13.8. The first-order chi connectivity index (χ1) is 12.5. The molecule has 0 unspecified atom stereocenters. The lowest BCUT2D eigenvalue weighted by atomic mass is 10.0. The molecule has 7 nitrogen and oxygen atoms in total. The van der Waals surface area contributed by atoms with E-state index in [1.54, 1.807) is 56.3 Å². The van der Waals surface area contributed by atoms with E-state index in [9.17, 15) is 19.6 Å². The van der Waals surface area contributed by atoms with Crippen LogP contribution in [-0.4, -0.2) is 28.6 Å². The number of imide groups is 1. The number of oxime groups is 1. The molecule has 26 heavy (non-hydrogen) atoms. The van der Waals surface area contributed by atoms with E-state index in [0.717, 1.165) is 10.5 Å². The van der Waals surface area contributed by atoms with Crippen molar-refractivity contribution in [1.82, 2.24) is 0 Å². The molecule has 1 aliphatic rings. The number of nitrogens with one attached hydrogen (secondary N) is 1. The van der Waals surface area contributed by atoms with E-state index in [0.29, 0.717) is 16.9 Å². The van der Waals surface area contributed by atoms with Crippen molar-refractivity contribution in [3.05, 3.63) is 59.7 Å². The van der Waals surface area contributed by atoms with Gasteiger partial charge in [-0.3, -0.25) is 14.4 Å². The molecule has 0 aromatic heterocycles. The molecule has 132 valence electrons. The van der Waals surface area contributed by atoms with Crippen LogP contribution in [-0.2, 0) is 14.4 Å². The molecule has 3 rings (SSSR count). The van der Waals surface area contributed by atoms with Gasteiger partial charge < -0.3 is 10.5 Å². The summed E-state index contributed by atoms with van der Waals surface area (Å²) in [5.74, 6) is -3.78. The molecule has 0 bridgehead atoms. The minimum absolute atomic E-state index is 0.356. The predicted octanol–water partition coefficient (Wildman–Crippen LogP) is 2.26. The molecule has 7 heteroatoms. The van der Waals surface area contributed by atoms with Crippen molar-refractivity contribution in [2.45, 2.75) is 13.8 Å². The van der Waals surface area contributed by atoms with E-state index < -0.39 is 29.4 Å². The third-order valence-electron chi connectivity index (χ3n) is 4.29. The van der Waals surface area contributed by atoms with Crippen molar-refractivity contribution in [2.24, 2.45) is 11.1 Å². The summed E-state index contributed by atoms with van der Waals surface area (Å²) in [6.07, 6.45) is 0. The lowest BCUT2D eigenvalue weighted by molar-refractivity contribution is -0.127. The van der Waals surface area contributed by atoms with Crippen molar-refractivity contribution < 1.29 is 19.6 Å².